The zero-order chi connectivity index (χ0) is 18.5. The number of carbonyl (C=O) groups is 2. The summed E-state index contributed by atoms with van der Waals surface area (Å²) >= 11 is 4.68. The number of anilines is 1. The van der Waals surface area contributed by atoms with Gasteiger partial charge in [0, 0.05) is 15.4 Å². The van der Waals surface area contributed by atoms with Crippen molar-refractivity contribution in [1.82, 2.24) is 4.98 Å². The van der Waals surface area contributed by atoms with E-state index in [-0.39, 0.29) is 11.3 Å². The van der Waals surface area contributed by atoms with Crippen LogP contribution in [0.2, 0.25) is 0 Å². The Morgan fingerprint density at radius 3 is 2.77 bits per heavy atom. The number of para-hydroxylation sites is 1. The minimum atomic E-state index is -0.771. The van der Waals surface area contributed by atoms with Crippen LogP contribution in [0, 0.1) is 0 Å². The molecule has 0 bridgehead atoms. The van der Waals surface area contributed by atoms with Crippen molar-refractivity contribution in [2.45, 2.75) is 0 Å². The molecule has 0 saturated carbocycles. The highest BCUT2D eigenvalue weighted by molar-refractivity contribution is 9.10. The number of phenolic OH excluding ortho intramolecular Hbond substituents is 1. The summed E-state index contributed by atoms with van der Waals surface area (Å²) < 4.78 is 5.84. The van der Waals surface area contributed by atoms with Crippen LogP contribution in [0.15, 0.2) is 58.4 Å². The molecule has 1 aromatic heterocycles. The molecule has 8 heteroatoms. The van der Waals surface area contributed by atoms with E-state index in [0.717, 1.165) is 15.7 Å². The maximum absolute atomic E-state index is 11.9. The first-order chi connectivity index (χ1) is 12.5. The number of nitrogens with zero attached hydrogens (tertiary/aromatic N) is 1. The summed E-state index contributed by atoms with van der Waals surface area (Å²) in [7, 11) is 0. The number of rotatable bonds is 5. The Balaban J connectivity index is 1.57. The van der Waals surface area contributed by atoms with Crippen molar-refractivity contribution in [3.05, 3.63) is 63.9 Å². The number of aromatic nitrogens is 1. The Labute approximate surface area is 161 Å². The van der Waals surface area contributed by atoms with Gasteiger partial charge in [0.2, 0.25) is 0 Å². The number of thiazole rings is 1. The molecular weight excluding hydrogens is 420 g/mol. The van der Waals surface area contributed by atoms with Gasteiger partial charge < -0.3 is 9.84 Å². The van der Waals surface area contributed by atoms with Gasteiger partial charge in [0.25, 0.3) is 5.91 Å². The first-order valence-electron chi connectivity index (χ1n) is 7.49. The molecule has 0 fully saturated rings. The molecule has 0 aliphatic carbocycles. The number of aromatic hydroxyl groups is 1. The number of carbonyl (C=O) groups excluding carboxylic acids is 2. The third kappa shape index (κ3) is 4.47. The monoisotopic (exact) mass is 432 g/mol. The molecule has 6 nitrogen and oxygen atoms in total. The SMILES string of the molecule is O=C(COC(=O)c1ccccc1O)Nc1nc(-c2cccc(Br)c2)cs1. The second-order valence-corrected chi connectivity index (χ2v) is 6.96. The zero-order valence-electron chi connectivity index (χ0n) is 13.3. The Bertz CT molecular complexity index is 958. The van der Waals surface area contributed by atoms with E-state index in [4.69, 9.17) is 4.74 Å². The third-order valence-corrected chi connectivity index (χ3v) is 4.58. The summed E-state index contributed by atoms with van der Waals surface area (Å²) in [6, 6.07) is 13.6. The lowest BCUT2D eigenvalue weighted by molar-refractivity contribution is -0.119. The number of phenols is 1. The topological polar surface area (TPSA) is 88.5 Å². The van der Waals surface area contributed by atoms with E-state index in [9.17, 15) is 14.7 Å². The Hall–Kier alpha value is -2.71. The number of amides is 1. The predicted molar refractivity (Wildman–Crippen MR) is 102 cm³/mol. The maximum atomic E-state index is 11.9. The summed E-state index contributed by atoms with van der Waals surface area (Å²) in [6.07, 6.45) is 0. The molecule has 0 unspecified atom stereocenters. The molecule has 1 amide bonds. The van der Waals surface area contributed by atoms with Crippen molar-refractivity contribution in [1.29, 1.82) is 0 Å². The van der Waals surface area contributed by atoms with Crippen molar-refractivity contribution in [3.63, 3.8) is 0 Å². The first kappa shape index (κ1) is 18.1. The van der Waals surface area contributed by atoms with Gasteiger partial charge in [-0.15, -0.1) is 11.3 Å². The second-order valence-electron chi connectivity index (χ2n) is 5.19. The molecule has 3 aromatic rings. The molecule has 2 aromatic carbocycles. The molecule has 3 rings (SSSR count). The number of esters is 1. The number of nitrogens with one attached hydrogen (secondary N) is 1. The van der Waals surface area contributed by atoms with Crippen LogP contribution in [-0.4, -0.2) is 28.6 Å². The fourth-order valence-electron chi connectivity index (χ4n) is 2.12. The molecule has 2 N–H and O–H groups in total. The van der Waals surface area contributed by atoms with Gasteiger partial charge in [-0.3, -0.25) is 10.1 Å². The van der Waals surface area contributed by atoms with Gasteiger partial charge in [0.15, 0.2) is 11.7 Å². The fourth-order valence-corrected chi connectivity index (χ4v) is 3.26. The summed E-state index contributed by atoms with van der Waals surface area (Å²) in [5, 5.41) is 14.4. The standard InChI is InChI=1S/C18H13BrN2O4S/c19-12-5-3-4-11(8-12)14-10-26-18(20-14)21-16(23)9-25-17(24)13-6-1-2-7-15(13)22/h1-8,10,22H,9H2,(H,20,21,23). The van der Waals surface area contributed by atoms with Crippen LogP contribution in [0.4, 0.5) is 5.13 Å². The molecule has 0 aliphatic heterocycles. The van der Waals surface area contributed by atoms with Gasteiger partial charge in [0.1, 0.15) is 11.3 Å². The van der Waals surface area contributed by atoms with Crippen LogP contribution in [0.3, 0.4) is 0 Å². The van der Waals surface area contributed by atoms with E-state index in [1.165, 1.54) is 23.5 Å². The summed E-state index contributed by atoms with van der Waals surface area (Å²) in [5.74, 6) is -1.48. The van der Waals surface area contributed by atoms with Crippen LogP contribution in [0.5, 0.6) is 5.75 Å². The minimum absolute atomic E-state index is 0.00601. The molecular formula is C18H13BrN2O4S. The van der Waals surface area contributed by atoms with Crippen LogP contribution in [-0.2, 0) is 9.53 Å². The number of benzene rings is 2. The molecule has 0 spiro atoms. The highest BCUT2D eigenvalue weighted by atomic mass is 79.9. The average molecular weight is 433 g/mol. The first-order valence-corrected chi connectivity index (χ1v) is 9.16. The van der Waals surface area contributed by atoms with Gasteiger partial charge in [0.05, 0.1) is 5.69 Å². The number of hydrogen-bond donors (Lipinski definition) is 2. The maximum Gasteiger partial charge on any atom is 0.342 e. The number of halogens is 1. The summed E-state index contributed by atoms with van der Waals surface area (Å²) in [4.78, 5) is 28.2. The third-order valence-electron chi connectivity index (χ3n) is 3.33. The zero-order valence-corrected chi connectivity index (χ0v) is 15.7. The summed E-state index contributed by atoms with van der Waals surface area (Å²) in [5.41, 5.74) is 1.66. The Kier molecular flexibility index (Phi) is 5.65. The van der Waals surface area contributed by atoms with Gasteiger partial charge in [-0.1, -0.05) is 40.2 Å². The van der Waals surface area contributed by atoms with Gasteiger partial charge in [-0.2, -0.15) is 0 Å². The van der Waals surface area contributed by atoms with Crippen LogP contribution < -0.4 is 5.32 Å². The van der Waals surface area contributed by atoms with E-state index in [0.29, 0.717) is 5.13 Å². The van der Waals surface area contributed by atoms with Gasteiger partial charge in [-0.25, -0.2) is 9.78 Å². The van der Waals surface area contributed by atoms with Crippen LogP contribution in [0.1, 0.15) is 10.4 Å². The van der Waals surface area contributed by atoms with Crippen molar-refractivity contribution in [2.75, 3.05) is 11.9 Å². The Morgan fingerprint density at radius 2 is 2.00 bits per heavy atom. The van der Waals surface area contributed by atoms with Crippen molar-refractivity contribution < 1.29 is 19.4 Å². The molecule has 0 aliphatic rings. The predicted octanol–water partition coefficient (Wildman–Crippen LogP) is 4.07. The quantitative estimate of drug-likeness (QED) is 0.593. The fraction of sp³-hybridized carbons (Fsp3) is 0.0556. The van der Waals surface area contributed by atoms with Gasteiger partial charge in [-0.05, 0) is 24.3 Å². The molecule has 0 saturated heterocycles. The van der Waals surface area contributed by atoms with Crippen molar-refractivity contribution in [2.24, 2.45) is 0 Å². The van der Waals surface area contributed by atoms with E-state index in [1.807, 2.05) is 29.6 Å². The van der Waals surface area contributed by atoms with E-state index in [2.05, 4.69) is 26.2 Å². The smallest absolute Gasteiger partial charge is 0.342 e. The van der Waals surface area contributed by atoms with E-state index in [1.54, 1.807) is 12.1 Å². The highest BCUT2D eigenvalue weighted by Crippen LogP contribution is 2.26. The van der Waals surface area contributed by atoms with Crippen molar-refractivity contribution >= 4 is 44.3 Å². The second kappa shape index (κ2) is 8.11. The molecule has 0 atom stereocenters. The van der Waals surface area contributed by atoms with Crippen LogP contribution in [0.25, 0.3) is 11.3 Å². The van der Waals surface area contributed by atoms with E-state index < -0.39 is 18.5 Å². The van der Waals surface area contributed by atoms with Crippen molar-refractivity contribution in [3.8, 4) is 17.0 Å². The number of ether oxygens (including phenoxy) is 1. The molecule has 0 radical (unpaired) electrons. The lowest BCUT2D eigenvalue weighted by Crippen LogP contribution is -2.20. The minimum Gasteiger partial charge on any atom is -0.507 e. The van der Waals surface area contributed by atoms with Gasteiger partial charge >= 0.3 is 5.97 Å². The number of hydrogen-bond acceptors (Lipinski definition) is 6. The lowest BCUT2D eigenvalue weighted by Gasteiger charge is -2.05. The van der Waals surface area contributed by atoms with E-state index >= 15 is 0 Å². The normalized spacial score (nSPS) is 10.3. The molecule has 1 heterocycles. The average Bonchev–Trinajstić information content (AvgIpc) is 3.08. The van der Waals surface area contributed by atoms with Crippen LogP contribution >= 0.6 is 27.3 Å². The molecule has 26 heavy (non-hydrogen) atoms. The highest BCUT2D eigenvalue weighted by Gasteiger charge is 2.14. The lowest BCUT2D eigenvalue weighted by atomic mass is 10.2. The largest absolute Gasteiger partial charge is 0.507 e. The summed E-state index contributed by atoms with van der Waals surface area (Å²) in [6.45, 7) is -0.473. The molecule has 132 valence electrons. The Morgan fingerprint density at radius 1 is 1.19 bits per heavy atom.